The molecule has 0 bridgehead atoms. The largest absolute Gasteiger partial charge is 0.461 e. The highest BCUT2D eigenvalue weighted by atomic mass is 35.5. The van der Waals surface area contributed by atoms with Crippen LogP contribution in [0.15, 0.2) is 18.2 Å². The maximum Gasteiger partial charge on any atom is 0.359 e. The minimum atomic E-state index is -0.883. The van der Waals surface area contributed by atoms with Crippen LogP contribution in [-0.4, -0.2) is 33.8 Å². The van der Waals surface area contributed by atoms with Gasteiger partial charge < -0.3 is 10.1 Å². The standard InChI is InChI=1S/C17H19FN4O4.ClH/c1-3-26-17(23)15-12-8-19-7-10(2)16(12)21(20-15)9-11-4-5-13(18)14(6-11)22(24)25;/h4-6,10,19H,3,7-9H2,1-2H3;1H. The van der Waals surface area contributed by atoms with Crippen molar-refractivity contribution in [1.82, 2.24) is 15.1 Å². The highest BCUT2D eigenvalue weighted by Crippen LogP contribution is 2.28. The third-order valence-corrected chi connectivity index (χ3v) is 4.32. The Morgan fingerprint density at radius 1 is 1.52 bits per heavy atom. The summed E-state index contributed by atoms with van der Waals surface area (Å²) in [5.74, 6) is -1.28. The second-order valence-electron chi connectivity index (χ2n) is 6.17. The lowest BCUT2D eigenvalue weighted by atomic mass is 9.97. The summed E-state index contributed by atoms with van der Waals surface area (Å²) in [5, 5.41) is 18.6. The highest BCUT2D eigenvalue weighted by Gasteiger charge is 2.29. The Hall–Kier alpha value is -2.52. The maximum atomic E-state index is 13.6. The number of nitro groups is 1. The van der Waals surface area contributed by atoms with Crippen LogP contribution in [0, 0.1) is 15.9 Å². The zero-order valence-electron chi connectivity index (χ0n) is 14.9. The van der Waals surface area contributed by atoms with E-state index in [9.17, 15) is 19.3 Å². The molecule has 1 aromatic heterocycles. The first-order valence-electron chi connectivity index (χ1n) is 8.32. The Kier molecular flexibility index (Phi) is 6.50. The molecular weight excluding hydrogens is 379 g/mol. The van der Waals surface area contributed by atoms with E-state index in [0.717, 1.165) is 23.9 Å². The van der Waals surface area contributed by atoms with Gasteiger partial charge in [0, 0.05) is 36.3 Å². The fourth-order valence-corrected chi connectivity index (χ4v) is 3.20. The average molecular weight is 399 g/mol. The molecule has 0 radical (unpaired) electrons. The summed E-state index contributed by atoms with van der Waals surface area (Å²) in [7, 11) is 0. The van der Waals surface area contributed by atoms with Crippen molar-refractivity contribution < 1.29 is 18.8 Å². The van der Waals surface area contributed by atoms with Gasteiger partial charge in [-0.2, -0.15) is 9.49 Å². The topological polar surface area (TPSA) is 99.3 Å². The third-order valence-electron chi connectivity index (χ3n) is 4.32. The molecule has 1 aliphatic rings. The number of halogens is 2. The highest BCUT2D eigenvalue weighted by molar-refractivity contribution is 5.89. The number of esters is 1. The van der Waals surface area contributed by atoms with Crippen LogP contribution in [0.25, 0.3) is 0 Å². The van der Waals surface area contributed by atoms with Crippen molar-refractivity contribution in [3.8, 4) is 0 Å². The van der Waals surface area contributed by atoms with Gasteiger partial charge in [-0.05, 0) is 18.6 Å². The number of nitrogens with one attached hydrogen (secondary N) is 1. The van der Waals surface area contributed by atoms with Crippen molar-refractivity contribution in [2.75, 3.05) is 13.2 Å². The lowest BCUT2D eigenvalue weighted by molar-refractivity contribution is -0.387. The van der Waals surface area contributed by atoms with Crippen LogP contribution >= 0.6 is 12.4 Å². The molecule has 2 aromatic rings. The van der Waals surface area contributed by atoms with Crippen LogP contribution in [0.3, 0.4) is 0 Å². The Morgan fingerprint density at radius 3 is 2.93 bits per heavy atom. The summed E-state index contributed by atoms with van der Waals surface area (Å²) in [6.07, 6.45) is 0. The van der Waals surface area contributed by atoms with Crippen LogP contribution in [0.1, 0.15) is 47.1 Å². The van der Waals surface area contributed by atoms with Gasteiger partial charge in [0.2, 0.25) is 5.82 Å². The number of ether oxygens (including phenoxy) is 1. The summed E-state index contributed by atoms with van der Waals surface area (Å²) in [5.41, 5.74) is 1.86. The number of carbonyl (C=O) groups excluding carboxylic acids is 1. The number of carbonyl (C=O) groups is 1. The molecule has 0 spiro atoms. The number of aromatic nitrogens is 2. The smallest absolute Gasteiger partial charge is 0.359 e. The summed E-state index contributed by atoms with van der Waals surface area (Å²) in [4.78, 5) is 22.4. The molecule has 1 atom stereocenters. The number of fused-ring (bicyclic) bond motifs is 1. The average Bonchev–Trinajstić information content (AvgIpc) is 2.96. The van der Waals surface area contributed by atoms with Gasteiger partial charge in [0.15, 0.2) is 5.69 Å². The first kappa shape index (κ1) is 20.8. The number of hydrogen-bond donors (Lipinski definition) is 1. The van der Waals surface area contributed by atoms with Gasteiger partial charge in [0.05, 0.1) is 18.1 Å². The molecule has 0 aliphatic carbocycles. The lowest BCUT2D eigenvalue weighted by Crippen LogP contribution is -2.28. The SMILES string of the molecule is CCOC(=O)c1nn(Cc2ccc(F)c([N+](=O)[O-])c2)c2c1CNCC2C.Cl. The number of nitrogens with zero attached hydrogens (tertiary/aromatic N) is 3. The number of nitro benzene ring substituents is 1. The second kappa shape index (κ2) is 8.45. The van der Waals surface area contributed by atoms with E-state index in [1.165, 1.54) is 12.1 Å². The zero-order valence-corrected chi connectivity index (χ0v) is 15.7. The van der Waals surface area contributed by atoms with E-state index in [-0.39, 0.29) is 37.2 Å². The predicted molar refractivity (Wildman–Crippen MR) is 97.7 cm³/mol. The zero-order chi connectivity index (χ0) is 18.8. The van der Waals surface area contributed by atoms with Crippen LogP contribution in [0.4, 0.5) is 10.1 Å². The predicted octanol–water partition coefficient (Wildman–Crippen LogP) is 2.78. The van der Waals surface area contributed by atoms with Crippen molar-refractivity contribution in [2.45, 2.75) is 32.9 Å². The Balaban J connectivity index is 0.00000261. The maximum absolute atomic E-state index is 13.6. The van der Waals surface area contributed by atoms with E-state index in [1.807, 2.05) is 6.92 Å². The second-order valence-corrected chi connectivity index (χ2v) is 6.17. The molecule has 2 heterocycles. The molecule has 0 saturated heterocycles. The molecule has 0 fully saturated rings. The Morgan fingerprint density at radius 2 is 2.26 bits per heavy atom. The molecule has 1 unspecified atom stereocenters. The van der Waals surface area contributed by atoms with Gasteiger partial charge in [-0.3, -0.25) is 14.8 Å². The Labute approximate surface area is 161 Å². The molecule has 1 aliphatic heterocycles. The molecule has 8 nitrogen and oxygen atoms in total. The van der Waals surface area contributed by atoms with Crippen LogP contribution in [0.5, 0.6) is 0 Å². The van der Waals surface area contributed by atoms with Gasteiger partial charge in [-0.1, -0.05) is 13.0 Å². The lowest BCUT2D eigenvalue weighted by Gasteiger charge is -2.22. The third kappa shape index (κ3) is 4.09. The first-order chi connectivity index (χ1) is 12.4. The molecular formula is C17H20ClFN4O4. The Bertz CT molecular complexity index is 871. The van der Waals surface area contributed by atoms with Crippen molar-refractivity contribution in [3.63, 3.8) is 0 Å². The van der Waals surface area contributed by atoms with E-state index >= 15 is 0 Å². The minimum Gasteiger partial charge on any atom is -0.461 e. The molecule has 1 N–H and O–H groups in total. The normalized spacial score (nSPS) is 15.6. The molecule has 146 valence electrons. The fraction of sp³-hybridized carbons (Fsp3) is 0.412. The van der Waals surface area contributed by atoms with Gasteiger partial charge in [0.1, 0.15) is 0 Å². The molecule has 3 rings (SSSR count). The summed E-state index contributed by atoms with van der Waals surface area (Å²) in [6, 6.07) is 3.74. The minimum absolute atomic E-state index is 0. The van der Waals surface area contributed by atoms with E-state index in [1.54, 1.807) is 11.6 Å². The first-order valence-corrected chi connectivity index (χ1v) is 8.32. The fourth-order valence-electron chi connectivity index (χ4n) is 3.20. The molecule has 0 saturated carbocycles. The van der Waals surface area contributed by atoms with Crippen LogP contribution < -0.4 is 5.32 Å². The summed E-state index contributed by atoms with van der Waals surface area (Å²) >= 11 is 0. The quantitative estimate of drug-likeness (QED) is 0.472. The summed E-state index contributed by atoms with van der Waals surface area (Å²) in [6.45, 7) is 5.40. The van der Waals surface area contributed by atoms with Gasteiger partial charge >= 0.3 is 11.7 Å². The van der Waals surface area contributed by atoms with E-state index in [4.69, 9.17) is 4.74 Å². The van der Waals surface area contributed by atoms with Crippen molar-refractivity contribution in [1.29, 1.82) is 0 Å². The monoisotopic (exact) mass is 398 g/mol. The van der Waals surface area contributed by atoms with Crippen LogP contribution in [-0.2, 0) is 17.8 Å². The number of benzene rings is 1. The molecule has 1 aromatic carbocycles. The van der Waals surface area contributed by atoms with Gasteiger partial charge in [0.25, 0.3) is 0 Å². The van der Waals surface area contributed by atoms with E-state index in [2.05, 4.69) is 10.4 Å². The van der Waals surface area contributed by atoms with Crippen LogP contribution in [0.2, 0.25) is 0 Å². The van der Waals surface area contributed by atoms with E-state index in [0.29, 0.717) is 12.1 Å². The molecule has 27 heavy (non-hydrogen) atoms. The van der Waals surface area contributed by atoms with Crippen molar-refractivity contribution >= 4 is 24.1 Å². The number of rotatable bonds is 5. The number of hydrogen-bond acceptors (Lipinski definition) is 6. The van der Waals surface area contributed by atoms with Gasteiger partial charge in [-0.15, -0.1) is 12.4 Å². The molecule has 0 amide bonds. The van der Waals surface area contributed by atoms with E-state index < -0.39 is 22.4 Å². The molecule has 10 heteroatoms. The summed E-state index contributed by atoms with van der Waals surface area (Å²) < 4.78 is 20.3. The van der Waals surface area contributed by atoms with Crippen molar-refractivity contribution in [3.05, 3.63) is 56.6 Å². The van der Waals surface area contributed by atoms with Crippen molar-refractivity contribution in [2.24, 2.45) is 0 Å². The van der Waals surface area contributed by atoms with Gasteiger partial charge in [-0.25, -0.2) is 4.79 Å².